The van der Waals surface area contributed by atoms with E-state index in [1.54, 1.807) is 0 Å². The zero-order valence-electron chi connectivity index (χ0n) is 24.2. The summed E-state index contributed by atoms with van der Waals surface area (Å²) < 4.78 is 14.2. The predicted octanol–water partition coefficient (Wildman–Crippen LogP) is 7.03. The molecule has 6 aromatic rings. The van der Waals surface area contributed by atoms with Gasteiger partial charge < -0.3 is 14.6 Å². The molecule has 4 aromatic carbocycles. The Kier molecular flexibility index (Phi) is 9.69. The number of carboxylic acid groups (broad SMARTS) is 1. The predicted molar refractivity (Wildman–Crippen MR) is 175 cm³/mol. The number of hydrogen-bond acceptors (Lipinski definition) is 5. The molecule has 2 heterocycles. The topological polar surface area (TPSA) is 86.5 Å². The average molecular weight is 596 g/mol. The molecular weight excluding hydrogens is 561 g/mol. The van der Waals surface area contributed by atoms with E-state index in [9.17, 15) is 9.90 Å². The quantitative estimate of drug-likeness (QED) is 0.162. The molecule has 0 bridgehead atoms. The van der Waals surface area contributed by atoms with E-state index in [0.29, 0.717) is 19.8 Å². The van der Waals surface area contributed by atoms with Crippen LogP contribution in [0.5, 0.6) is 11.5 Å². The number of rotatable bonds is 11. The van der Waals surface area contributed by atoms with E-state index in [-0.39, 0.29) is 36.0 Å². The molecule has 0 spiro atoms. The summed E-state index contributed by atoms with van der Waals surface area (Å²) in [5, 5.41) is 10.6. The Bertz CT molecular complexity index is 1890. The maximum absolute atomic E-state index is 11.6. The van der Waals surface area contributed by atoms with Gasteiger partial charge in [-0.05, 0) is 73.0 Å². The zero-order valence-corrected chi connectivity index (χ0v) is 24.2. The van der Waals surface area contributed by atoms with E-state index >= 15 is 0 Å². The number of aromatic nitrogens is 3. The molecule has 7 nitrogen and oxygen atoms in total. The van der Waals surface area contributed by atoms with Gasteiger partial charge in [-0.3, -0.25) is 9.36 Å². The van der Waals surface area contributed by atoms with Crippen LogP contribution in [0, 0.1) is 6.92 Å². The molecule has 1 atom stereocenters. The number of hydrogen-bond donors (Lipinski definition) is 1. The van der Waals surface area contributed by atoms with Crippen molar-refractivity contribution in [2.45, 2.75) is 45.4 Å². The van der Waals surface area contributed by atoms with Crippen molar-refractivity contribution in [3.05, 3.63) is 132 Å². The molecule has 0 saturated heterocycles. The molecule has 44 heavy (non-hydrogen) atoms. The number of carboxylic acids is 1. The van der Waals surface area contributed by atoms with Gasteiger partial charge in [-0.15, -0.1) is 0 Å². The second kappa shape index (κ2) is 13.6. The summed E-state index contributed by atoms with van der Waals surface area (Å²) in [6.07, 6.45) is 0.498. The summed E-state index contributed by atoms with van der Waals surface area (Å²) in [5.41, 5.74) is 5.27. The second-order valence-corrected chi connectivity index (χ2v) is 10.9. The van der Waals surface area contributed by atoms with Gasteiger partial charge in [0.05, 0.1) is 22.2 Å². The van der Waals surface area contributed by atoms with Gasteiger partial charge in [0.15, 0.2) is 6.73 Å². The minimum absolute atomic E-state index is 0. The molecule has 0 aliphatic rings. The van der Waals surface area contributed by atoms with Crippen molar-refractivity contribution in [3.8, 4) is 11.5 Å². The number of carbonyl (C=O) groups is 1. The summed E-state index contributed by atoms with van der Waals surface area (Å²) >= 11 is 0. The SMILES string of the molecule is Cc1nc2ccccc2n1COc1ccc(C(C)(CCC(=O)O)c2ccc(OCc3ccc4ccccc4n3)cc2)cc1.[NaH]. The number of ether oxygens (including phenoxy) is 2. The molecule has 0 aliphatic carbocycles. The van der Waals surface area contributed by atoms with Gasteiger partial charge in [0.1, 0.15) is 23.9 Å². The third-order valence-electron chi connectivity index (χ3n) is 8.07. The first-order valence-corrected chi connectivity index (χ1v) is 14.3. The molecule has 1 N–H and O–H groups in total. The standard InChI is InChI=1S/C36H33N3O4.Na.H/c1-25-37-33-9-5-6-10-34(33)39(25)24-43-31-19-14-28(15-20-31)36(2,22-21-35(40)41)27-12-17-30(18-13-27)42-23-29-16-11-26-7-3-4-8-32(26)38-29;;/h3-20H,21-24H2,1-2H3,(H,40,41);;. The third kappa shape index (κ3) is 6.81. The number of fused-ring (bicyclic) bond motifs is 2. The van der Waals surface area contributed by atoms with Crippen LogP contribution in [0.3, 0.4) is 0 Å². The molecule has 6 rings (SSSR count). The Morgan fingerprint density at radius 2 is 1.39 bits per heavy atom. The third-order valence-corrected chi connectivity index (χ3v) is 8.07. The van der Waals surface area contributed by atoms with Crippen molar-refractivity contribution < 1.29 is 19.4 Å². The van der Waals surface area contributed by atoms with Crippen molar-refractivity contribution in [3.63, 3.8) is 0 Å². The Morgan fingerprint density at radius 1 is 0.773 bits per heavy atom. The Labute approximate surface area is 278 Å². The van der Waals surface area contributed by atoms with E-state index in [1.165, 1.54) is 0 Å². The molecule has 1 unspecified atom stereocenters. The summed E-state index contributed by atoms with van der Waals surface area (Å²) in [6.45, 7) is 4.76. The molecule has 0 fully saturated rings. The van der Waals surface area contributed by atoms with E-state index in [0.717, 1.165) is 56.1 Å². The summed E-state index contributed by atoms with van der Waals surface area (Å²) in [4.78, 5) is 20.9. The first-order valence-electron chi connectivity index (χ1n) is 14.3. The van der Waals surface area contributed by atoms with Crippen LogP contribution in [0.15, 0.2) is 109 Å². The fourth-order valence-electron chi connectivity index (χ4n) is 5.49. The van der Waals surface area contributed by atoms with Crippen LogP contribution in [0.2, 0.25) is 0 Å². The van der Waals surface area contributed by atoms with Crippen molar-refractivity contribution >= 4 is 57.5 Å². The van der Waals surface area contributed by atoms with Gasteiger partial charge in [0.2, 0.25) is 0 Å². The first kappa shape index (κ1) is 31.3. The fraction of sp³-hybridized carbons (Fsp3) is 0.194. The van der Waals surface area contributed by atoms with E-state index in [1.807, 2.05) is 115 Å². The fourth-order valence-corrected chi connectivity index (χ4v) is 5.49. The van der Waals surface area contributed by atoms with Crippen LogP contribution in [-0.2, 0) is 23.5 Å². The Morgan fingerprint density at radius 3 is 2.07 bits per heavy atom. The monoisotopic (exact) mass is 595 g/mol. The molecule has 0 radical (unpaired) electrons. The van der Waals surface area contributed by atoms with Gasteiger partial charge >= 0.3 is 35.5 Å². The molecule has 2 aromatic heterocycles. The number of pyridine rings is 1. The van der Waals surface area contributed by atoms with Crippen LogP contribution in [0.25, 0.3) is 21.9 Å². The van der Waals surface area contributed by atoms with E-state index < -0.39 is 11.4 Å². The summed E-state index contributed by atoms with van der Waals surface area (Å²) in [5.74, 6) is 1.52. The van der Waals surface area contributed by atoms with Crippen LogP contribution >= 0.6 is 0 Å². The minimum atomic E-state index is -0.822. The van der Waals surface area contributed by atoms with Crippen molar-refractivity contribution in [2.75, 3.05) is 0 Å². The molecule has 8 heteroatoms. The molecule has 218 valence electrons. The summed E-state index contributed by atoms with van der Waals surface area (Å²) in [6, 6.07) is 35.9. The van der Waals surface area contributed by atoms with Crippen molar-refractivity contribution in [1.29, 1.82) is 0 Å². The number of aryl methyl sites for hydroxylation is 1. The molecule has 0 saturated carbocycles. The summed E-state index contributed by atoms with van der Waals surface area (Å²) in [7, 11) is 0. The number of benzene rings is 4. The Balaban J connectivity index is 0.00000384. The van der Waals surface area contributed by atoms with Gasteiger partial charge in [0, 0.05) is 17.2 Å². The van der Waals surface area contributed by atoms with Crippen molar-refractivity contribution in [2.24, 2.45) is 0 Å². The van der Waals surface area contributed by atoms with E-state index in [4.69, 9.17) is 9.47 Å². The average Bonchev–Trinajstić information content (AvgIpc) is 3.36. The normalized spacial score (nSPS) is 12.4. The van der Waals surface area contributed by atoms with Gasteiger partial charge in [-0.1, -0.05) is 67.6 Å². The van der Waals surface area contributed by atoms with Crippen LogP contribution in [-0.4, -0.2) is 55.2 Å². The number of para-hydroxylation sites is 3. The van der Waals surface area contributed by atoms with Crippen LogP contribution < -0.4 is 9.47 Å². The number of nitrogens with zero attached hydrogens (tertiary/aromatic N) is 3. The molecule has 0 amide bonds. The zero-order chi connectivity index (χ0) is 29.8. The maximum atomic E-state index is 11.6. The van der Waals surface area contributed by atoms with E-state index in [2.05, 4.69) is 23.0 Å². The van der Waals surface area contributed by atoms with Crippen LogP contribution in [0.1, 0.15) is 42.4 Å². The Hall–Kier alpha value is -4.17. The first-order chi connectivity index (χ1) is 20.9. The molecule has 0 aliphatic heterocycles. The van der Waals surface area contributed by atoms with Gasteiger partial charge in [-0.25, -0.2) is 9.97 Å². The van der Waals surface area contributed by atoms with Gasteiger partial charge in [0.25, 0.3) is 0 Å². The number of imidazole rings is 1. The van der Waals surface area contributed by atoms with Crippen molar-refractivity contribution in [1.82, 2.24) is 14.5 Å². The molecular formula is C36H34N3NaO4. The van der Waals surface area contributed by atoms with Gasteiger partial charge in [-0.2, -0.15) is 0 Å². The number of aliphatic carboxylic acids is 1. The second-order valence-electron chi connectivity index (χ2n) is 10.9. The van der Waals surface area contributed by atoms with Crippen LogP contribution in [0.4, 0.5) is 0 Å².